The van der Waals surface area contributed by atoms with Crippen molar-refractivity contribution >= 4 is 41.8 Å². The molecule has 0 unspecified atom stereocenters. The summed E-state index contributed by atoms with van der Waals surface area (Å²) in [5, 5.41) is 11.3. The van der Waals surface area contributed by atoms with Crippen molar-refractivity contribution in [2.75, 3.05) is 13.2 Å². The highest BCUT2D eigenvalue weighted by atomic mass is 16.8. The van der Waals surface area contributed by atoms with Crippen molar-refractivity contribution in [1.82, 2.24) is 0 Å². The fourth-order valence-corrected chi connectivity index (χ4v) is 7.11. The predicted molar refractivity (Wildman–Crippen MR) is 243 cm³/mol. The number of ether oxygens (including phenoxy) is 10. The lowest BCUT2D eigenvalue weighted by Gasteiger charge is -2.32. The number of hydrogen-bond donors (Lipinski definition) is 1. The van der Waals surface area contributed by atoms with E-state index >= 15 is 0 Å². The molecule has 2 saturated heterocycles. The predicted octanol–water partition coefficient (Wildman–Crippen LogP) is 5.83. The van der Waals surface area contributed by atoms with Crippen LogP contribution in [0.25, 0.3) is 0 Å². The lowest BCUT2D eigenvalue weighted by Crippen LogP contribution is -2.50. The van der Waals surface area contributed by atoms with Crippen LogP contribution in [0.15, 0.2) is 121 Å². The van der Waals surface area contributed by atoms with Gasteiger partial charge in [0, 0.05) is 6.92 Å². The van der Waals surface area contributed by atoms with E-state index in [1.807, 2.05) is 0 Å². The first kappa shape index (κ1) is 52.4. The maximum absolute atomic E-state index is 14.1. The first-order valence-corrected chi connectivity index (χ1v) is 22.4. The summed E-state index contributed by atoms with van der Waals surface area (Å²) >= 11 is 0. The summed E-state index contributed by atoms with van der Waals surface area (Å²) in [4.78, 5) is 94.8. The summed E-state index contributed by atoms with van der Waals surface area (Å²) < 4.78 is 60.0. The molecule has 2 aliphatic heterocycles. The molecule has 6 rings (SSSR count). The summed E-state index contributed by atoms with van der Waals surface area (Å²) in [5.41, 5.74) is -1.86. The summed E-state index contributed by atoms with van der Waals surface area (Å²) in [7, 11) is 0. The quantitative estimate of drug-likeness (QED) is 0.0969. The minimum absolute atomic E-state index is 0.0398. The molecule has 0 radical (unpaired) electrons. The van der Waals surface area contributed by atoms with Crippen molar-refractivity contribution < 1.29 is 86.0 Å². The van der Waals surface area contributed by atoms with E-state index in [1.54, 1.807) is 114 Å². The maximum Gasteiger partial charge on any atom is 0.338 e. The van der Waals surface area contributed by atoms with Crippen molar-refractivity contribution in [3.63, 3.8) is 0 Å². The lowest BCUT2D eigenvalue weighted by atomic mass is 9.97. The average Bonchev–Trinajstić information content (AvgIpc) is 3.82. The van der Waals surface area contributed by atoms with Crippen LogP contribution < -0.4 is 0 Å². The highest BCUT2D eigenvalue weighted by molar-refractivity contribution is 5.91. The zero-order valence-electron chi connectivity index (χ0n) is 39.6. The average molecular weight is 969 g/mol. The van der Waals surface area contributed by atoms with Crippen molar-refractivity contribution in [2.45, 2.75) is 110 Å². The van der Waals surface area contributed by atoms with Crippen molar-refractivity contribution in [1.29, 1.82) is 0 Å². The Labute approximate surface area is 404 Å². The second kappa shape index (κ2) is 23.1. The molecule has 0 bridgehead atoms. The molecule has 2 heterocycles. The van der Waals surface area contributed by atoms with E-state index in [1.165, 1.54) is 48.5 Å². The Morgan fingerprint density at radius 1 is 0.486 bits per heavy atom. The summed E-state index contributed by atoms with van der Waals surface area (Å²) in [5.74, 6) is -6.08. The molecule has 0 saturated carbocycles. The largest absolute Gasteiger partial charge is 0.462 e. The molecule has 372 valence electrons. The Bertz CT molecular complexity index is 2430. The Morgan fingerprint density at radius 2 is 0.900 bits per heavy atom. The molecular weight excluding hydrogens is 913 g/mol. The topological polar surface area (TPSA) is 232 Å². The molecule has 2 aliphatic rings. The third-order valence-corrected chi connectivity index (χ3v) is 10.8. The van der Waals surface area contributed by atoms with Crippen LogP contribution in [0, 0.1) is 10.8 Å². The van der Waals surface area contributed by atoms with E-state index in [9.17, 15) is 38.7 Å². The van der Waals surface area contributed by atoms with Crippen molar-refractivity contribution in [3.8, 4) is 0 Å². The van der Waals surface area contributed by atoms with E-state index in [2.05, 4.69) is 0 Å². The summed E-state index contributed by atoms with van der Waals surface area (Å²) in [6.45, 7) is 9.07. The molecule has 0 amide bonds. The van der Waals surface area contributed by atoms with Gasteiger partial charge in [-0.05, 0) is 90.1 Å². The first-order valence-electron chi connectivity index (χ1n) is 22.4. The highest BCUT2D eigenvalue weighted by Crippen LogP contribution is 2.37. The Hall–Kier alpha value is -6.99. The fraction of sp³-hybridized carbons (Fsp3) is 0.404. The molecule has 1 N–H and O–H groups in total. The number of benzene rings is 4. The summed E-state index contributed by atoms with van der Waals surface area (Å²) in [6, 6.07) is 31.2. The third-order valence-electron chi connectivity index (χ3n) is 10.8. The number of carbonyl (C=O) groups excluding carboxylic acids is 7. The van der Waals surface area contributed by atoms with E-state index in [-0.39, 0.29) is 22.3 Å². The van der Waals surface area contributed by atoms with Gasteiger partial charge in [0.15, 0.2) is 43.1 Å². The van der Waals surface area contributed by atoms with Crippen LogP contribution in [0.2, 0.25) is 0 Å². The molecule has 10 atom stereocenters. The SMILES string of the molecule is CC(=O)O[C@@H]1[C@@H](OC(=O)C(C)(C)C)[C@H](O)O[C@H]1[C@@H](COC(=O)C(C)(C)C)O[C@@H]1O[C@@H]([C@@H](COC(=O)c2ccccc2)OC(=O)c2ccccc2)[C@H](OC(=O)c2ccccc2)[C@H]1OC(=O)c1ccccc1. The third kappa shape index (κ3) is 13.6. The van der Waals surface area contributed by atoms with Crippen molar-refractivity contribution in [3.05, 3.63) is 144 Å². The number of hydrogen-bond acceptors (Lipinski definition) is 18. The van der Waals surface area contributed by atoms with Crippen LogP contribution in [0.4, 0.5) is 0 Å². The van der Waals surface area contributed by atoms with E-state index < -0.39 is 127 Å². The van der Waals surface area contributed by atoms with Gasteiger partial charge in [-0.1, -0.05) is 72.8 Å². The van der Waals surface area contributed by atoms with Crippen LogP contribution in [0.1, 0.15) is 89.9 Å². The zero-order chi connectivity index (χ0) is 50.8. The van der Waals surface area contributed by atoms with Gasteiger partial charge in [0.1, 0.15) is 31.5 Å². The normalized spacial score (nSPS) is 22.9. The lowest BCUT2D eigenvalue weighted by molar-refractivity contribution is -0.243. The smallest absolute Gasteiger partial charge is 0.338 e. The van der Waals surface area contributed by atoms with Gasteiger partial charge in [-0.3, -0.25) is 14.4 Å². The van der Waals surface area contributed by atoms with Gasteiger partial charge >= 0.3 is 41.8 Å². The molecule has 18 heteroatoms. The Kier molecular flexibility index (Phi) is 17.3. The Balaban J connectivity index is 1.47. The van der Waals surface area contributed by atoms with Crippen LogP contribution in [0.5, 0.6) is 0 Å². The first-order chi connectivity index (χ1) is 33.2. The zero-order valence-corrected chi connectivity index (χ0v) is 39.6. The number of esters is 7. The standard InChI is InChI=1S/C52H56O18/c1-30(53)63-39-37(66-47(58)41(39)70-50(60)52(5,6)7)36(29-62-49(59)51(2,3)4)65-48-42(68-46(57)34-26-18-11-19-27-34)40(67-45(56)33-24-16-10-17-25-33)38(69-48)35(64-44(55)32-22-14-9-15-23-32)28-61-43(54)31-20-12-8-13-21-31/h8-27,35-42,47-48,58H,28-29H2,1-7H3/t35-,36-,37+,38+,39+,40+,41-,42-,47-,48-/m1/s1. The molecule has 0 spiro atoms. The van der Waals surface area contributed by atoms with E-state index in [4.69, 9.17) is 47.4 Å². The highest BCUT2D eigenvalue weighted by Gasteiger charge is 2.58. The van der Waals surface area contributed by atoms with Crippen LogP contribution in [-0.4, -0.2) is 122 Å². The molecule has 4 aromatic rings. The van der Waals surface area contributed by atoms with Crippen molar-refractivity contribution in [2.24, 2.45) is 10.8 Å². The van der Waals surface area contributed by atoms with Gasteiger partial charge in [-0.2, -0.15) is 0 Å². The van der Waals surface area contributed by atoms with Gasteiger partial charge in [0.05, 0.1) is 33.1 Å². The molecule has 0 aliphatic carbocycles. The van der Waals surface area contributed by atoms with Gasteiger partial charge < -0.3 is 52.5 Å². The summed E-state index contributed by atoms with van der Waals surface area (Å²) in [6.07, 6.45) is -17.3. The van der Waals surface area contributed by atoms with Crippen LogP contribution >= 0.6 is 0 Å². The molecule has 70 heavy (non-hydrogen) atoms. The van der Waals surface area contributed by atoms with E-state index in [0.717, 1.165) is 6.92 Å². The van der Waals surface area contributed by atoms with Gasteiger partial charge in [-0.25, -0.2) is 19.2 Å². The van der Waals surface area contributed by atoms with Crippen LogP contribution in [-0.2, 0) is 61.8 Å². The number of aliphatic hydroxyl groups is 1. The van der Waals surface area contributed by atoms with E-state index in [0.29, 0.717) is 0 Å². The Morgan fingerprint density at radius 3 is 1.37 bits per heavy atom. The van der Waals surface area contributed by atoms with Gasteiger partial charge in [-0.15, -0.1) is 0 Å². The minimum atomic E-state index is -1.94. The number of aliphatic hydroxyl groups excluding tert-OH is 1. The molecule has 2 fully saturated rings. The number of rotatable bonds is 17. The minimum Gasteiger partial charge on any atom is -0.462 e. The second-order valence-corrected chi connectivity index (χ2v) is 18.4. The maximum atomic E-state index is 14.1. The number of carbonyl (C=O) groups is 7. The van der Waals surface area contributed by atoms with Gasteiger partial charge in [0.2, 0.25) is 0 Å². The molecular formula is C52H56O18. The fourth-order valence-electron chi connectivity index (χ4n) is 7.11. The molecule has 4 aromatic carbocycles. The van der Waals surface area contributed by atoms with Gasteiger partial charge in [0.25, 0.3) is 0 Å². The second-order valence-electron chi connectivity index (χ2n) is 18.4. The molecule has 0 aromatic heterocycles. The molecule has 18 nitrogen and oxygen atoms in total. The monoisotopic (exact) mass is 968 g/mol. The van der Waals surface area contributed by atoms with Crippen LogP contribution in [0.3, 0.4) is 0 Å².